The third kappa shape index (κ3) is 4.28. The normalized spacial score (nSPS) is 21.1. The second kappa shape index (κ2) is 7.98. The van der Waals surface area contributed by atoms with E-state index in [4.69, 9.17) is 5.26 Å². The molecule has 3 heteroatoms. The summed E-state index contributed by atoms with van der Waals surface area (Å²) in [6.07, 6.45) is 4.51. The Hall–Kier alpha value is -2.60. The quantitative estimate of drug-likeness (QED) is 0.846. The van der Waals surface area contributed by atoms with Gasteiger partial charge >= 0.3 is 0 Å². The van der Waals surface area contributed by atoms with Crippen LogP contribution in [0.4, 0.5) is 5.69 Å². The molecule has 2 aromatic carbocycles. The molecule has 1 aliphatic carbocycles. The molecule has 0 aliphatic heterocycles. The lowest BCUT2D eigenvalue weighted by atomic mass is 9.74. The number of amides is 1. The molecular formula is C22H24N2O. The number of nitrogens with zero attached hydrogens (tertiary/aromatic N) is 1. The van der Waals surface area contributed by atoms with Crippen LogP contribution < -0.4 is 5.32 Å². The van der Waals surface area contributed by atoms with Crippen LogP contribution in [0.2, 0.25) is 0 Å². The number of hydrogen-bond acceptors (Lipinski definition) is 2. The lowest BCUT2D eigenvalue weighted by Crippen LogP contribution is -2.29. The van der Waals surface area contributed by atoms with Gasteiger partial charge in [0, 0.05) is 11.6 Å². The van der Waals surface area contributed by atoms with E-state index in [-0.39, 0.29) is 11.8 Å². The minimum atomic E-state index is 0.00682. The van der Waals surface area contributed by atoms with E-state index in [0.29, 0.717) is 17.4 Å². The molecular weight excluding hydrogens is 308 g/mol. The minimum absolute atomic E-state index is 0.00682. The Morgan fingerprint density at radius 2 is 1.68 bits per heavy atom. The van der Waals surface area contributed by atoms with E-state index < -0.39 is 0 Å². The first-order valence-corrected chi connectivity index (χ1v) is 9.03. The van der Waals surface area contributed by atoms with Crippen molar-refractivity contribution in [3.05, 3.63) is 65.7 Å². The van der Waals surface area contributed by atoms with Gasteiger partial charge < -0.3 is 5.32 Å². The highest BCUT2D eigenvalue weighted by Gasteiger charge is 2.29. The van der Waals surface area contributed by atoms with Gasteiger partial charge in [0.2, 0.25) is 5.91 Å². The Balaban J connectivity index is 1.54. The van der Waals surface area contributed by atoms with Crippen molar-refractivity contribution in [2.45, 2.75) is 38.5 Å². The highest BCUT2D eigenvalue weighted by atomic mass is 16.1. The standard InChI is InChI=1S/C22H24N2O/c1-16(22(25)24-21-13-7-17(15-23)8-14-21)18-9-11-20(12-10-18)19-5-3-2-4-6-19/h2-8,13-14,16,18,20H,9-12H2,1H3,(H,24,25)/t16-,18-,20+/m1/s1. The van der Waals surface area contributed by atoms with Crippen LogP contribution in [0.25, 0.3) is 0 Å². The zero-order valence-electron chi connectivity index (χ0n) is 14.6. The molecule has 1 amide bonds. The number of rotatable bonds is 4. The second-order valence-electron chi connectivity index (χ2n) is 6.99. The van der Waals surface area contributed by atoms with Crippen LogP contribution in [0.15, 0.2) is 54.6 Å². The molecule has 1 aliphatic rings. The highest BCUT2D eigenvalue weighted by Crippen LogP contribution is 2.38. The third-order valence-electron chi connectivity index (χ3n) is 5.45. The molecule has 0 unspecified atom stereocenters. The van der Waals surface area contributed by atoms with Crippen LogP contribution in [-0.2, 0) is 4.79 Å². The highest BCUT2D eigenvalue weighted by molar-refractivity contribution is 5.92. The first-order valence-electron chi connectivity index (χ1n) is 9.03. The van der Waals surface area contributed by atoms with E-state index >= 15 is 0 Å². The van der Waals surface area contributed by atoms with Gasteiger partial charge in [0.1, 0.15) is 0 Å². The first-order chi connectivity index (χ1) is 12.2. The number of benzene rings is 2. The van der Waals surface area contributed by atoms with Gasteiger partial charge in [-0.05, 0) is 67.3 Å². The van der Waals surface area contributed by atoms with E-state index in [1.165, 1.54) is 5.56 Å². The molecule has 0 heterocycles. The van der Waals surface area contributed by atoms with Gasteiger partial charge in [-0.2, -0.15) is 5.26 Å². The summed E-state index contributed by atoms with van der Waals surface area (Å²) in [5.74, 6) is 1.16. The van der Waals surface area contributed by atoms with E-state index in [2.05, 4.69) is 41.7 Å². The van der Waals surface area contributed by atoms with Crippen LogP contribution in [0, 0.1) is 23.2 Å². The van der Waals surface area contributed by atoms with Crippen LogP contribution in [-0.4, -0.2) is 5.91 Å². The molecule has 0 bridgehead atoms. The Morgan fingerprint density at radius 3 is 2.28 bits per heavy atom. The van der Waals surface area contributed by atoms with E-state index in [9.17, 15) is 4.79 Å². The molecule has 0 saturated heterocycles. The van der Waals surface area contributed by atoms with Crippen molar-refractivity contribution in [3.63, 3.8) is 0 Å². The Bertz CT molecular complexity index is 738. The molecule has 2 aromatic rings. The average molecular weight is 332 g/mol. The van der Waals surface area contributed by atoms with Crippen molar-refractivity contribution < 1.29 is 4.79 Å². The maximum atomic E-state index is 12.5. The molecule has 1 fully saturated rings. The Labute approximate surface area is 149 Å². The van der Waals surface area contributed by atoms with E-state index in [1.54, 1.807) is 24.3 Å². The van der Waals surface area contributed by atoms with Crippen molar-refractivity contribution in [1.29, 1.82) is 5.26 Å². The van der Waals surface area contributed by atoms with Crippen LogP contribution in [0.5, 0.6) is 0 Å². The molecule has 0 radical (unpaired) electrons. The van der Waals surface area contributed by atoms with Gasteiger partial charge in [-0.1, -0.05) is 37.3 Å². The maximum absolute atomic E-state index is 12.5. The summed E-state index contributed by atoms with van der Waals surface area (Å²) in [6.45, 7) is 2.03. The molecule has 1 atom stereocenters. The SMILES string of the molecule is C[C@@H](C(=O)Nc1ccc(C#N)cc1)[C@H]1CC[C@@H](c2ccccc2)CC1. The van der Waals surface area contributed by atoms with Gasteiger partial charge in [0.15, 0.2) is 0 Å². The van der Waals surface area contributed by atoms with Crippen molar-refractivity contribution in [2.24, 2.45) is 11.8 Å². The fourth-order valence-electron chi connectivity index (χ4n) is 3.78. The summed E-state index contributed by atoms with van der Waals surface area (Å²) in [7, 11) is 0. The number of nitriles is 1. The fourth-order valence-corrected chi connectivity index (χ4v) is 3.78. The topological polar surface area (TPSA) is 52.9 Å². The predicted octanol–water partition coefficient (Wildman–Crippen LogP) is 5.11. The summed E-state index contributed by atoms with van der Waals surface area (Å²) in [5.41, 5.74) is 2.79. The monoisotopic (exact) mass is 332 g/mol. The Kier molecular flexibility index (Phi) is 5.50. The summed E-state index contributed by atoms with van der Waals surface area (Å²) >= 11 is 0. The number of carbonyl (C=O) groups is 1. The number of anilines is 1. The van der Waals surface area contributed by atoms with Gasteiger partial charge in [-0.3, -0.25) is 4.79 Å². The third-order valence-corrected chi connectivity index (χ3v) is 5.45. The smallest absolute Gasteiger partial charge is 0.227 e. The van der Waals surface area contributed by atoms with Gasteiger partial charge in [-0.15, -0.1) is 0 Å². The van der Waals surface area contributed by atoms with Crippen molar-refractivity contribution in [2.75, 3.05) is 5.32 Å². The zero-order chi connectivity index (χ0) is 17.6. The molecule has 1 saturated carbocycles. The predicted molar refractivity (Wildman–Crippen MR) is 100 cm³/mol. The first kappa shape index (κ1) is 17.2. The van der Waals surface area contributed by atoms with Crippen molar-refractivity contribution >= 4 is 11.6 Å². The number of carbonyl (C=O) groups excluding carboxylic acids is 1. The number of hydrogen-bond donors (Lipinski definition) is 1. The fraction of sp³-hybridized carbons (Fsp3) is 0.364. The molecule has 1 N–H and O–H groups in total. The van der Waals surface area contributed by atoms with Gasteiger partial charge in [0.25, 0.3) is 0 Å². The molecule has 3 nitrogen and oxygen atoms in total. The summed E-state index contributed by atoms with van der Waals surface area (Å²) in [5, 5.41) is 11.8. The molecule has 25 heavy (non-hydrogen) atoms. The average Bonchev–Trinajstić information content (AvgIpc) is 2.69. The van der Waals surface area contributed by atoms with E-state index in [0.717, 1.165) is 31.4 Å². The van der Waals surface area contributed by atoms with Gasteiger partial charge in [-0.25, -0.2) is 0 Å². The minimum Gasteiger partial charge on any atom is -0.326 e. The molecule has 3 rings (SSSR count). The van der Waals surface area contributed by atoms with Crippen LogP contribution >= 0.6 is 0 Å². The maximum Gasteiger partial charge on any atom is 0.227 e. The zero-order valence-corrected chi connectivity index (χ0v) is 14.6. The Morgan fingerprint density at radius 1 is 1.04 bits per heavy atom. The lowest BCUT2D eigenvalue weighted by molar-refractivity contribution is -0.121. The van der Waals surface area contributed by atoms with Crippen molar-refractivity contribution in [3.8, 4) is 6.07 Å². The van der Waals surface area contributed by atoms with Crippen molar-refractivity contribution in [1.82, 2.24) is 0 Å². The van der Waals surface area contributed by atoms with Crippen LogP contribution in [0.3, 0.4) is 0 Å². The van der Waals surface area contributed by atoms with E-state index in [1.807, 2.05) is 6.92 Å². The van der Waals surface area contributed by atoms with Crippen LogP contribution in [0.1, 0.15) is 49.7 Å². The largest absolute Gasteiger partial charge is 0.326 e. The molecule has 0 aromatic heterocycles. The molecule has 0 spiro atoms. The molecule has 128 valence electrons. The summed E-state index contributed by atoms with van der Waals surface area (Å²) in [6, 6.07) is 19.8. The van der Waals surface area contributed by atoms with Gasteiger partial charge in [0.05, 0.1) is 11.6 Å². The number of nitrogens with one attached hydrogen (secondary N) is 1. The second-order valence-corrected chi connectivity index (χ2v) is 6.99. The lowest BCUT2D eigenvalue weighted by Gasteiger charge is -2.32. The summed E-state index contributed by atoms with van der Waals surface area (Å²) in [4.78, 5) is 12.5. The summed E-state index contributed by atoms with van der Waals surface area (Å²) < 4.78 is 0.